The number of fused-ring (bicyclic) bond motifs is 1. The number of hydrogen-bond donors (Lipinski definition) is 2. The third-order valence-corrected chi connectivity index (χ3v) is 10.3. The predicted molar refractivity (Wildman–Crippen MR) is 156 cm³/mol. The van der Waals surface area contributed by atoms with Crippen LogP contribution >= 0.6 is 11.3 Å². The lowest BCUT2D eigenvalue weighted by Gasteiger charge is -2.35. The van der Waals surface area contributed by atoms with E-state index in [-0.39, 0.29) is 15.4 Å². The molecule has 1 saturated heterocycles. The Hall–Kier alpha value is -3.79. The topological polar surface area (TPSA) is 155 Å². The summed E-state index contributed by atoms with van der Waals surface area (Å²) in [4.78, 5) is 35.5. The number of nitrogens with one attached hydrogen (secondary N) is 2. The molecule has 1 aliphatic rings. The van der Waals surface area contributed by atoms with Crippen LogP contribution in [-0.2, 0) is 14.8 Å². The number of benzene rings is 1. The number of nitrogens with zero attached hydrogens (tertiary/aromatic N) is 7. The number of amides is 1. The summed E-state index contributed by atoms with van der Waals surface area (Å²) < 4.78 is 32.8. The van der Waals surface area contributed by atoms with Gasteiger partial charge >= 0.3 is 6.09 Å². The zero-order valence-electron chi connectivity index (χ0n) is 23.2. The van der Waals surface area contributed by atoms with Gasteiger partial charge < -0.3 is 10.1 Å². The molecular weight excluding hydrogens is 566 g/mol. The van der Waals surface area contributed by atoms with E-state index in [1.54, 1.807) is 19.6 Å². The normalized spacial score (nSPS) is 15.5. The zero-order valence-corrected chi connectivity index (χ0v) is 24.8. The van der Waals surface area contributed by atoms with E-state index in [1.807, 2.05) is 31.2 Å². The van der Waals surface area contributed by atoms with Crippen LogP contribution in [0, 0.1) is 13.8 Å². The van der Waals surface area contributed by atoms with Crippen LogP contribution in [0.5, 0.6) is 0 Å². The zero-order chi connectivity index (χ0) is 29.1. The van der Waals surface area contributed by atoms with Crippen molar-refractivity contribution in [2.24, 2.45) is 0 Å². The van der Waals surface area contributed by atoms with Crippen molar-refractivity contribution in [3.63, 3.8) is 0 Å². The third-order valence-electron chi connectivity index (χ3n) is 6.71. The average molecular weight is 598 g/mol. The third kappa shape index (κ3) is 6.27. The van der Waals surface area contributed by atoms with Crippen molar-refractivity contribution in [3.8, 4) is 11.3 Å². The van der Waals surface area contributed by atoms with Crippen LogP contribution in [0.3, 0.4) is 0 Å². The van der Waals surface area contributed by atoms with Gasteiger partial charge in [-0.1, -0.05) is 23.5 Å². The maximum atomic E-state index is 13.3. The molecule has 41 heavy (non-hydrogen) atoms. The van der Waals surface area contributed by atoms with E-state index in [1.165, 1.54) is 11.4 Å². The van der Waals surface area contributed by atoms with Crippen molar-refractivity contribution < 1.29 is 17.9 Å². The van der Waals surface area contributed by atoms with E-state index in [9.17, 15) is 13.2 Å². The molecular formula is C26H31N9O4S2. The van der Waals surface area contributed by atoms with Crippen LogP contribution in [-0.4, -0.2) is 94.5 Å². The molecule has 13 nitrogen and oxygen atoms in total. The van der Waals surface area contributed by atoms with Crippen molar-refractivity contribution in [2.45, 2.75) is 31.0 Å². The molecule has 0 saturated carbocycles. The molecule has 1 aromatic carbocycles. The number of anilines is 2. The minimum Gasteiger partial charge on any atom is -0.453 e. The lowest BCUT2D eigenvalue weighted by molar-refractivity contribution is 0.184. The summed E-state index contributed by atoms with van der Waals surface area (Å²) in [5.74, 6) is 0.730. The van der Waals surface area contributed by atoms with Gasteiger partial charge in [0, 0.05) is 55.4 Å². The first-order valence-electron chi connectivity index (χ1n) is 13.0. The van der Waals surface area contributed by atoms with E-state index in [4.69, 9.17) is 0 Å². The lowest BCUT2D eigenvalue weighted by atomic mass is 10.1. The number of carbonyl (C=O) groups is 1. The van der Waals surface area contributed by atoms with Crippen molar-refractivity contribution in [3.05, 3.63) is 48.3 Å². The molecule has 4 aromatic rings. The molecule has 1 fully saturated rings. The first kappa shape index (κ1) is 28.7. The molecule has 1 amide bonds. The van der Waals surface area contributed by atoms with Crippen molar-refractivity contribution in [1.82, 2.24) is 34.1 Å². The van der Waals surface area contributed by atoms with Crippen molar-refractivity contribution in [1.29, 1.82) is 0 Å². The van der Waals surface area contributed by atoms with Gasteiger partial charge in [0.2, 0.25) is 0 Å². The van der Waals surface area contributed by atoms with E-state index < -0.39 is 16.1 Å². The second-order valence-electron chi connectivity index (χ2n) is 9.73. The maximum absolute atomic E-state index is 13.3. The van der Waals surface area contributed by atoms with Crippen LogP contribution in [0.4, 0.5) is 15.7 Å². The van der Waals surface area contributed by atoms with E-state index in [0.717, 1.165) is 45.0 Å². The number of rotatable bonds is 8. The van der Waals surface area contributed by atoms with Crippen molar-refractivity contribution >= 4 is 49.3 Å². The van der Waals surface area contributed by atoms with Gasteiger partial charge in [-0.3, -0.25) is 10.2 Å². The smallest absolute Gasteiger partial charge is 0.413 e. The number of sulfonamides is 1. The molecule has 0 spiro atoms. The van der Waals surface area contributed by atoms with Crippen LogP contribution in [0.25, 0.3) is 22.2 Å². The maximum Gasteiger partial charge on any atom is 0.413 e. The first-order valence-corrected chi connectivity index (χ1v) is 15.3. The molecule has 2 N–H and O–H groups in total. The summed E-state index contributed by atoms with van der Waals surface area (Å²) in [5.41, 5.74) is 3.74. The Morgan fingerprint density at radius 2 is 1.85 bits per heavy atom. The number of hydrogen-bond acceptors (Lipinski definition) is 12. The summed E-state index contributed by atoms with van der Waals surface area (Å²) in [5, 5.41) is 7.02. The molecule has 3 aromatic heterocycles. The molecule has 216 valence electrons. The minimum absolute atomic E-state index is 0.0388. The summed E-state index contributed by atoms with van der Waals surface area (Å²) >= 11 is 0.922. The van der Waals surface area contributed by atoms with Crippen LogP contribution < -0.4 is 10.6 Å². The Labute approximate surface area is 242 Å². The predicted octanol–water partition coefficient (Wildman–Crippen LogP) is 3.15. The van der Waals surface area contributed by atoms with E-state index in [2.05, 4.69) is 52.1 Å². The second-order valence-corrected chi connectivity index (χ2v) is 12.9. The number of carbonyl (C=O) groups excluding carboxylic acids is 1. The fraction of sp³-hybridized carbons (Fsp3) is 0.385. The summed E-state index contributed by atoms with van der Waals surface area (Å²) in [6, 6.07) is 7.91. The lowest BCUT2D eigenvalue weighted by Crippen LogP contribution is -2.50. The van der Waals surface area contributed by atoms with Crippen LogP contribution in [0.1, 0.15) is 18.3 Å². The molecule has 5 rings (SSSR count). The van der Waals surface area contributed by atoms with E-state index >= 15 is 0 Å². The van der Waals surface area contributed by atoms with Gasteiger partial charge in [-0.25, -0.2) is 38.1 Å². The molecule has 15 heteroatoms. The average Bonchev–Trinajstić information content (AvgIpc) is 3.33. The van der Waals surface area contributed by atoms with Crippen LogP contribution in [0.2, 0.25) is 0 Å². The fourth-order valence-corrected chi connectivity index (χ4v) is 7.72. The van der Waals surface area contributed by atoms with Gasteiger partial charge in [0.1, 0.15) is 18.5 Å². The van der Waals surface area contributed by atoms with E-state index in [0.29, 0.717) is 38.4 Å². The van der Waals surface area contributed by atoms with Crippen molar-refractivity contribution in [2.75, 3.05) is 50.5 Å². The highest BCUT2D eigenvalue weighted by Crippen LogP contribution is 2.31. The van der Waals surface area contributed by atoms with Gasteiger partial charge in [-0.15, -0.1) is 0 Å². The number of para-hydroxylation sites is 1. The second kappa shape index (κ2) is 12.0. The number of methoxy groups -OCH3 is 1. The highest BCUT2D eigenvalue weighted by molar-refractivity contribution is 7.91. The number of ether oxygens (including phenoxy) is 1. The first-order chi connectivity index (χ1) is 19.7. The highest BCUT2D eigenvalue weighted by Gasteiger charge is 2.32. The number of thiazole rings is 1. The Kier molecular flexibility index (Phi) is 8.40. The molecule has 1 atom stereocenters. The summed E-state index contributed by atoms with van der Waals surface area (Å²) in [7, 11) is -2.51. The number of piperazine rings is 1. The number of aryl methyl sites for hydroxylation is 2. The Balaban J connectivity index is 1.22. The molecule has 1 aliphatic heterocycles. The van der Waals surface area contributed by atoms with Gasteiger partial charge in [-0.05, 0) is 32.9 Å². The van der Waals surface area contributed by atoms with Gasteiger partial charge in [0.05, 0.1) is 24.0 Å². The molecule has 0 radical (unpaired) electrons. The largest absolute Gasteiger partial charge is 0.453 e. The molecule has 0 unspecified atom stereocenters. The summed E-state index contributed by atoms with van der Waals surface area (Å²) in [6.45, 7) is 8.19. The van der Waals surface area contributed by atoms with Gasteiger partial charge in [0.25, 0.3) is 10.0 Å². The molecule has 0 aliphatic carbocycles. The minimum atomic E-state index is -3.74. The fourth-order valence-electron chi connectivity index (χ4n) is 4.76. The molecule has 4 heterocycles. The number of aromatic nitrogens is 5. The molecule has 0 bridgehead atoms. The standard InChI is InChI=1S/C26H31N9O4S2/c1-16-12-21(28-14-27-16)19-6-5-7-20-22(19)29-15-30-23(20)31-17(2)13-34-8-10-35(11-9-34)41(37,38)24-18(3)32-25(40-24)33-26(36)39-4/h5-7,12,14-15,17H,8-11,13H2,1-4H3,(H,29,30,31)(H,32,33,36)/t17-/m0/s1. The quantitative estimate of drug-likeness (QED) is 0.308. The Morgan fingerprint density at radius 1 is 1.10 bits per heavy atom. The van der Waals surface area contributed by atoms with Crippen LogP contribution in [0.15, 0.2) is 41.1 Å². The van der Waals surface area contributed by atoms with Gasteiger partial charge in [0.15, 0.2) is 9.34 Å². The SMILES string of the molecule is COC(=O)Nc1nc(C)c(S(=O)(=O)N2CCN(C[C@H](C)Nc3ncnc4c(-c5cc(C)ncn5)cccc34)CC2)s1. The monoisotopic (exact) mass is 597 g/mol. The Morgan fingerprint density at radius 3 is 2.59 bits per heavy atom. The summed E-state index contributed by atoms with van der Waals surface area (Å²) in [6.07, 6.45) is 2.40. The Bertz CT molecular complexity index is 1670. The highest BCUT2D eigenvalue weighted by atomic mass is 32.2. The van der Waals surface area contributed by atoms with Gasteiger partial charge in [-0.2, -0.15) is 4.31 Å².